The van der Waals surface area contributed by atoms with Gasteiger partial charge in [0.25, 0.3) is 5.91 Å². The van der Waals surface area contributed by atoms with E-state index in [-0.39, 0.29) is 12.0 Å². The van der Waals surface area contributed by atoms with Gasteiger partial charge in [-0.25, -0.2) is 0 Å². The third kappa shape index (κ3) is 3.26. The number of rotatable bonds is 4. The fourth-order valence-corrected chi connectivity index (χ4v) is 2.26. The Hall–Kier alpha value is -2.25. The molecule has 1 saturated heterocycles. The van der Waals surface area contributed by atoms with Gasteiger partial charge in [0.2, 0.25) is 0 Å². The minimum Gasteiger partial charge on any atom is -0.374 e. The van der Waals surface area contributed by atoms with E-state index in [1.165, 1.54) is 0 Å². The van der Waals surface area contributed by atoms with E-state index in [9.17, 15) is 4.79 Å². The summed E-state index contributed by atoms with van der Waals surface area (Å²) in [5.41, 5.74) is 2.11. The van der Waals surface area contributed by atoms with Crippen LogP contribution in [-0.4, -0.2) is 53.4 Å². The molecule has 110 valence electrons. The first-order valence-electron chi connectivity index (χ1n) is 6.89. The maximum atomic E-state index is 12.3. The minimum absolute atomic E-state index is 0.00926. The van der Waals surface area contributed by atoms with Crippen LogP contribution in [0, 0.1) is 0 Å². The summed E-state index contributed by atoms with van der Waals surface area (Å²) in [6.45, 7) is 2.76. The molecule has 0 bridgehead atoms. The second-order valence-electron chi connectivity index (χ2n) is 4.80. The Morgan fingerprint density at radius 1 is 1.43 bits per heavy atom. The molecule has 2 aromatic heterocycles. The predicted octanol–water partition coefficient (Wildman–Crippen LogP) is 0.190. The first-order chi connectivity index (χ1) is 10.3. The molecule has 1 aliphatic heterocycles. The van der Waals surface area contributed by atoms with Crippen molar-refractivity contribution in [3.63, 3.8) is 0 Å². The number of amides is 1. The summed E-state index contributed by atoms with van der Waals surface area (Å²) in [6.07, 6.45) is 5.02. The van der Waals surface area contributed by atoms with Crippen LogP contribution in [0.4, 0.5) is 0 Å². The largest absolute Gasteiger partial charge is 0.374 e. The Bertz CT molecular complexity index is 592. The van der Waals surface area contributed by atoms with Gasteiger partial charge in [-0.15, -0.1) is 0 Å². The third-order valence-corrected chi connectivity index (χ3v) is 3.35. The second-order valence-corrected chi connectivity index (χ2v) is 4.80. The molecule has 1 unspecified atom stereocenters. The van der Waals surface area contributed by atoms with Gasteiger partial charge in [-0.05, 0) is 17.7 Å². The number of ether oxygens (including phenoxy) is 1. The van der Waals surface area contributed by atoms with Crippen LogP contribution in [-0.2, 0) is 4.74 Å². The molecule has 7 nitrogen and oxygen atoms in total. The molecular weight excluding hydrogens is 270 g/mol. The van der Waals surface area contributed by atoms with Crippen LogP contribution in [0.2, 0.25) is 0 Å². The Balaban J connectivity index is 1.66. The lowest BCUT2D eigenvalue weighted by molar-refractivity contribution is 0.0287. The van der Waals surface area contributed by atoms with Crippen molar-refractivity contribution in [3.05, 3.63) is 36.4 Å². The average molecular weight is 287 g/mol. The molecule has 3 N–H and O–H groups in total. The van der Waals surface area contributed by atoms with Crippen molar-refractivity contribution < 1.29 is 9.53 Å². The monoisotopic (exact) mass is 287 g/mol. The zero-order chi connectivity index (χ0) is 14.5. The van der Waals surface area contributed by atoms with Crippen LogP contribution in [0.5, 0.6) is 0 Å². The number of carbonyl (C=O) groups excluding carboxylic acids is 1. The quantitative estimate of drug-likeness (QED) is 0.746. The molecule has 21 heavy (non-hydrogen) atoms. The number of morpholine rings is 1. The lowest BCUT2D eigenvalue weighted by Crippen LogP contribution is -2.45. The first kappa shape index (κ1) is 13.7. The molecule has 1 amide bonds. The fourth-order valence-electron chi connectivity index (χ4n) is 2.26. The molecule has 2 aromatic rings. The van der Waals surface area contributed by atoms with Gasteiger partial charge in [0.15, 0.2) is 0 Å². The zero-order valence-electron chi connectivity index (χ0n) is 11.5. The van der Waals surface area contributed by atoms with Gasteiger partial charge in [0.1, 0.15) is 5.69 Å². The lowest BCUT2D eigenvalue weighted by Gasteiger charge is -2.23. The van der Waals surface area contributed by atoms with E-state index in [0.717, 1.165) is 24.2 Å². The molecule has 0 saturated carbocycles. The van der Waals surface area contributed by atoms with Gasteiger partial charge in [-0.2, -0.15) is 5.10 Å². The van der Waals surface area contributed by atoms with Crippen molar-refractivity contribution in [3.8, 4) is 11.1 Å². The molecule has 1 fully saturated rings. The summed E-state index contributed by atoms with van der Waals surface area (Å²) in [5, 5.41) is 12.8. The predicted molar refractivity (Wildman–Crippen MR) is 76.8 cm³/mol. The van der Waals surface area contributed by atoms with E-state index < -0.39 is 0 Å². The highest BCUT2D eigenvalue weighted by Crippen LogP contribution is 2.20. The number of nitrogens with zero attached hydrogens (tertiary/aromatic N) is 2. The maximum Gasteiger partial charge on any atom is 0.270 e. The van der Waals surface area contributed by atoms with E-state index in [4.69, 9.17) is 4.74 Å². The number of nitrogens with one attached hydrogen (secondary N) is 3. The summed E-state index contributed by atoms with van der Waals surface area (Å²) in [6, 6.07) is 3.69. The maximum absolute atomic E-state index is 12.3. The topological polar surface area (TPSA) is 91.9 Å². The third-order valence-electron chi connectivity index (χ3n) is 3.35. The molecule has 1 aliphatic rings. The summed E-state index contributed by atoms with van der Waals surface area (Å²) in [7, 11) is 0. The number of H-pyrrole nitrogens is 1. The van der Waals surface area contributed by atoms with Crippen molar-refractivity contribution in [2.45, 2.75) is 6.10 Å². The summed E-state index contributed by atoms with van der Waals surface area (Å²) >= 11 is 0. The number of hydrogen-bond acceptors (Lipinski definition) is 5. The number of carbonyl (C=O) groups is 1. The molecule has 0 aliphatic carbocycles. The summed E-state index contributed by atoms with van der Waals surface area (Å²) in [5.74, 6) is -0.187. The molecule has 3 heterocycles. The van der Waals surface area contributed by atoms with Crippen LogP contribution in [0.25, 0.3) is 11.1 Å². The standard InChI is InChI=1S/C14H17N5O2/c20-14(17-8-11-7-16-5-6-21-11)13-12(9-18-19-13)10-1-3-15-4-2-10/h1-4,9,11,16H,5-8H2,(H,17,20)(H,18,19). The Morgan fingerprint density at radius 3 is 3.05 bits per heavy atom. The molecule has 0 spiro atoms. The molecule has 3 rings (SSSR count). The minimum atomic E-state index is -0.187. The number of pyridine rings is 1. The first-order valence-corrected chi connectivity index (χ1v) is 6.89. The molecule has 0 aromatic carbocycles. The highest BCUT2D eigenvalue weighted by Gasteiger charge is 2.18. The molecule has 7 heteroatoms. The van der Waals surface area contributed by atoms with E-state index in [2.05, 4.69) is 25.8 Å². The van der Waals surface area contributed by atoms with E-state index in [0.29, 0.717) is 18.8 Å². The SMILES string of the molecule is O=C(NCC1CNCCO1)c1[nH]ncc1-c1ccncc1. The van der Waals surface area contributed by atoms with Gasteiger partial charge in [0, 0.05) is 37.6 Å². The lowest BCUT2D eigenvalue weighted by atomic mass is 10.1. The highest BCUT2D eigenvalue weighted by atomic mass is 16.5. The summed E-state index contributed by atoms with van der Waals surface area (Å²) in [4.78, 5) is 16.2. The molecule has 1 atom stereocenters. The Labute approximate surface area is 122 Å². The van der Waals surface area contributed by atoms with E-state index >= 15 is 0 Å². The van der Waals surface area contributed by atoms with E-state index in [1.807, 2.05) is 12.1 Å². The zero-order valence-corrected chi connectivity index (χ0v) is 11.5. The molecular formula is C14H17N5O2. The normalized spacial score (nSPS) is 18.4. The molecule has 0 radical (unpaired) electrons. The van der Waals surface area contributed by atoms with Gasteiger partial charge in [0.05, 0.1) is 18.9 Å². The van der Waals surface area contributed by atoms with Crippen molar-refractivity contribution in [2.75, 3.05) is 26.2 Å². The van der Waals surface area contributed by atoms with Crippen molar-refractivity contribution in [1.29, 1.82) is 0 Å². The van der Waals surface area contributed by atoms with Gasteiger partial charge >= 0.3 is 0 Å². The van der Waals surface area contributed by atoms with Crippen LogP contribution in [0.1, 0.15) is 10.5 Å². The van der Waals surface area contributed by atoms with Crippen LogP contribution < -0.4 is 10.6 Å². The van der Waals surface area contributed by atoms with Gasteiger partial charge in [-0.3, -0.25) is 14.9 Å². The number of aromatic amines is 1. The Morgan fingerprint density at radius 2 is 2.29 bits per heavy atom. The summed E-state index contributed by atoms with van der Waals surface area (Å²) < 4.78 is 5.55. The Kier molecular flexibility index (Phi) is 4.23. The van der Waals surface area contributed by atoms with Crippen molar-refractivity contribution >= 4 is 5.91 Å². The number of hydrogen-bond donors (Lipinski definition) is 3. The average Bonchev–Trinajstić information content (AvgIpc) is 3.04. The van der Waals surface area contributed by atoms with Crippen molar-refractivity contribution in [1.82, 2.24) is 25.8 Å². The van der Waals surface area contributed by atoms with E-state index in [1.54, 1.807) is 18.6 Å². The van der Waals surface area contributed by atoms with Crippen LogP contribution in [0.15, 0.2) is 30.7 Å². The van der Waals surface area contributed by atoms with Crippen LogP contribution in [0.3, 0.4) is 0 Å². The highest BCUT2D eigenvalue weighted by molar-refractivity contribution is 5.98. The van der Waals surface area contributed by atoms with Gasteiger partial charge < -0.3 is 15.4 Å². The van der Waals surface area contributed by atoms with Gasteiger partial charge in [-0.1, -0.05) is 0 Å². The van der Waals surface area contributed by atoms with Crippen LogP contribution >= 0.6 is 0 Å². The second kappa shape index (κ2) is 6.47. The smallest absolute Gasteiger partial charge is 0.270 e. The number of aromatic nitrogens is 3. The fraction of sp³-hybridized carbons (Fsp3) is 0.357. The van der Waals surface area contributed by atoms with Crippen molar-refractivity contribution in [2.24, 2.45) is 0 Å².